The largest absolute Gasteiger partial charge is 0.507 e. The highest BCUT2D eigenvalue weighted by atomic mass is 32.1. The summed E-state index contributed by atoms with van der Waals surface area (Å²) in [7, 11) is 4.36. The van der Waals surface area contributed by atoms with Crippen molar-refractivity contribution in [3.05, 3.63) is 118 Å². The van der Waals surface area contributed by atoms with Crippen LogP contribution < -0.4 is 47.4 Å². The van der Waals surface area contributed by atoms with Gasteiger partial charge in [0.25, 0.3) is 23.5 Å². The number of ether oxygens (including phenoxy) is 3. The van der Waals surface area contributed by atoms with Gasteiger partial charge in [-0.05, 0) is 81.9 Å². The second-order valence-electron chi connectivity index (χ2n) is 29.3. The number of esters is 1. The predicted octanol–water partition coefficient (Wildman–Crippen LogP) is 7.51. The number of rotatable bonds is 21. The van der Waals surface area contributed by atoms with Crippen LogP contribution in [-0.2, 0) is 49.6 Å². The first kappa shape index (κ1) is 79.5. The Balaban J connectivity index is 0.915. The van der Waals surface area contributed by atoms with Gasteiger partial charge in [-0.25, -0.2) is 9.78 Å². The number of aromatic nitrogens is 1. The fourth-order valence-electron chi connectivity index (χ4n) is 14.3. The molecule has 28 heteroatoms. The molecule has 3 aromatic carbocycles. The number of phenolic OH excluding ortho intramolecular Hbond substituents is 1. The quantitative estimate of drug-likeness (QED) is 0.00848. The van der Waals surface area contributed by atoms with Gasteiger partial charge in [-0.15, -0.1) is 11.3 Å². The Hall–Kier alpha value is -9.61. The summed E-state index contributed by atoms with van der Waals surface area (Å²) in [6.07, 6.45) is 8.46. The number of carbonyl (C=O) groups is 9. The van der Waals surface area contributed by atoms with Crippen LogP contribution in [0.5, 0.6) is 11.5 Å². The minimum absolute atomic E-state index is 0.0243. The highest BCUT2D eigenvalue weighted by Gasteiger charge is 2.50. The number of benzene rings is 4. The van der Waals surface area contributed by atoms with Crippen molar-refractivity contribution >= 4 is 103 Å². The minimum Gasteiger partial charge on any atom is -0.507 e. The molecule has 564 valence electrons. The second kappa shape index (κ2) is 33.7. The molecule has 0 unspecified atom stereocenters. The monoisotopic (exact) mass is 1470 g/mol. The number of aliphatic hydroxyl groups excluding tert-OH is 3. The highest BCUT2D eigenvalue weighted by molar-refractivity contribution is 7.22. The standard InChI is InChI=1S/C77H98N10O17S/c1-40(2)62(83-56(90)21-14-13-15-34-86-57(91)28-29-58(86)92)75(100)82-53(20-17-33-79-76(78)101)74(99)80-49-24-22-48(23-25-49)39-87(11,12)51-30-35-85(36-31-51)50-26-27-52-55(38-50)105-71-63(81-52)59-60-67(95)46(8)70-61(59)72(97)77(10,104-70)102-37-32-54(89)43(5)69(103-47(9)88)45(7)66(94)44(6)65(93)41(3)18-16-19-42(4)73(98)84-64(71)68(60)96/h16,18-19,22-29,32,37-38,40-41,43-45,51,53-54,62,65-66,69,89,93-94H,13-15,17,20-21,30-31,33-36,39H2,1-12H3,(H7-,78,79,80,81,82,83,84,90,95,96,97,98,99,100,101)/p+1/b18-16+,37-32+,42-19-/t41-,43+,44+,45+,53-,54-,62-,65-,66+,69+,77-/m0/s1. The Morgan fingerprint density at radius 3 is 2.20 bits per heavy atom. The number of aromatic hydroxyl groups is 1. The van der Waals surface area contributed by atoms with Gasteiger partial charge in [-0.2, -0.15) is 0 Å². The SMILES string of the molecule is CC(=O)O[C@H]1[C@H](C)[C@H](O)[C@H](C)[C@@H](O)[C@@H](C)/C=C/C=C(/C)C(=O)Nc2c3sc4cc(N5CCC([N+](C)(C)Cc6ccc(NC(=O)[C@H](CCCNC(N)=O)NC(=O)[C@@H](NC(=O)CCCCCN7C(=O)C=CC7=O)C(C)C)cc6)CC5)ccc4nc-3c3c4c(c(C)c(O)c3c2=O)O[C@](C)(O/C=C/[C@H](O)[C@H]1C)C4=O. The molecule has 0 spiro atoms. The number of anilines is 3. The van der Waals surface area contributed by atoms with E-state index in [2.05, 4.69) is 45.6 Å². The average molecular weight is 1470 g/mol. The van der Waals surface area contributed by atoms with Crippen LogP contribution in [0.3, 0.4) is 0 Å². The molecule has 27 nitrogen and oxygen atoms in total. The average Bonchev–Trinajstić information content (AvgIpc) is 1.69. The van der Waals surface area contributed by atoms with E-state index in [9.17, 15) is 58.8 Å². The number of allylic oxidation sites excluding steroid dienone is 2. The van der Waals surface area contributed by atoms with Crippen LogP contribution in [0.4, 0.5) is 21.9 Å². The van der Waals surface area contributed by atoms with Gasteiger partial charge in [0.1, 0.15) is 41.9 Å². The molecule has 5 bridgehead atoms. The van der Waals surface area contributed by atoms with Crippen LogP contribution in [-0.4, -0.2) is 177 Å². The fourth-order valence-corrected chi connectivity index (χ4v) is 15.4. The summed E-state index contributed by atoms with van der Waals surface area (Å²) in [4.78, 5) is 142. The van der Waals surface area contributed by atoms with Gasteiger partial charge in [0.05, 0.1) is 76.4 Å². The van der Waals surface area contributed by atoms with E-state index in [4.69, 9.17) is 24.9 Å². The number of nitrogens with zero attached hydrogens (tertiary/aromatic N) is 4. The molecule has 0 saturated carbocycles. The first-order chi connectivity index (χ1) is 49.6. The molecule has 8 amide bonds. The van der Waals surface area contributed by atoms with Crippen molar-refractivity contribution < 1.29 is 82.3 Å². The number of nitrogens with one attached hydrogen (secondary N) is 5. The summed E-state index contributed by atoms with van der Waals surface area (Å²) in [6, 6.07) is 10.7. The Bertz CT molecular complexity index is 4290. The number of hydrogen-bond donors (Lipinski definition) is 10. The number of Topliss-reactive ketones (excluding diaryl/α,β-unsaturated/α-hetero) is 1. The van der Waals surface area contributed by atoms with Crippen LogP contribution in [0.2, 0.25) is 0 Å². The number of amides is 8. The topological polar surface area (TPSA) is 385 Å². The summed E-state index contributed by atoms with van der Waals surface area (Å²) in [5.41, 5.74) is 7.39. The number of piperidine rings is 1. The Morgan fingerprint density at radius 1 is 0.857 bits per heavy atom. The van der Waals surface area contributed by atoms with Crippen LogP contribution in [0.15, 0.2) is 95.6 Å². The van der Waals surface area contributed by atoms with Gasteiger partial charge < -0.3 is 76.3 Å². The molecule has 1 aliphatic carbocycles. The third kappa shape index (κ3) is 18.2. The number of quaternary nitrogens is 1. The Kier molecular flexibility index (Phi) is 25.5. The first-order valence-electron chi connectivity index (χ1n) is 35.8. The summed E-state index contributed by atoms with van der Waals surface area (Å²) < 4.78 is 19.3. The molecule has 6 aliphatic heterocycles. The first-order valence-corrected chi connectivity index (χ1v) is 36.6. The maximum atomic E-state index is 15.2. The van der Waals surface area contributed by atoms with Crippen LogP contribution in [0.1, 0.15) is 135 Å². The minimum atomic E-state index is -2.12. The van der Waals surface area contributed by atoms with E-state index in [0.717, 1.165) is 35.3 Å². The Labute approximate surface area is 614 Å². The summed E-state index contributed by atoms with van der Waals surface area (Å²) in [5, 5.41) is 60.4. The number of carbonyl (C=O) groups excluding carboxylic acids is 9. The Morgan fingerprint density at radius 2 is 1.54 bits per heavy atom. The fraction of sp³-hybridized carbons (Fsp3) is 0.494. The zero-order chi connectivity index (χ0) is 76.7. The number of phenols is 1. The van der Waals surface area contributed by atoms with Gasteiger partial charge in [0.2, 0.25) is 23.2 Å². The number of aliphatic hydroxyl groups is 3. The maximum Gasteiger partial charge on any atom is 0.312 e. The van der Waals surface area contributed by atoms with Crippen molar-refractivity contribution in [3.8, 4) is 22.1 Å². The second-order valence-corrected chi connectivity index (χ2v) is 30.3. The van der Waals surface area contributed by atoms with E-state index in [1.807, 2.05) is 30.3 Å². The van der Waals surface area contributed by atoms with Crippen molar-refractivity contribution in [3.63, 3.8) is 0 Å². The lowest BCUT2D eigenvalue weighted by molar-refractivity contribution is -0.928. The lowest BCUT2D eigenvalue weighted by Crippen LogP contribution is -2.54. The van der Waals surface area contributed by atoms with Crippen molar-refractivity contribution in [2.75, 3.05) is 55.8 Å². The molecule has 10 rings (SSSR count). The molecular weight excluding hydrogens is 1370 g/mol. The summed E-state index contributed by atoms with van der Waals surface area (Å²) in [5.74, 6) is -10.3. The van der Waals surface area contributed by atoms with Crippen molar-refractivity contribution in [1.29, 1.82) is 0 Å². The smallest absolute Gasteiger partial charge is 0.312 e. The normalized spacial score (nSPS) is 24.4. The molecule has 11 N–H and O–H groups in total. The lowest BCUT2D eigenvalue weighted by atomic mass is 9.78. The summed E-state index contributed by atoms with van der Waals surface area (Å²) >= 11 is 1.17. The molecule has 7 aliphatic rings. The lowest BCUT2D eigenvalue weighted by Gasteiger charge is -2.43. The highest BCUT2D eigenvalue weighted by Crippen LogP contribution is 2.52. The van der Waals surface area contributed by atoms with E-state index in [-0.39, 0.29) is 105 Å². The predicted molar refractivity (Wildman–Crippen MR) is 398 cm³/mol. The van der Waals surface area contributed by atoms with Gasteiger partial charge in [0, 0.05) is 129 Å². The number of urea groups is 1. The molecule has 105 heavy (non-hydrogen) atoms. The van der Waals surface area contributed by atoms with E-state index in [1.54, 1.807) is 72.8 Å². The molecule has 6 heterocycles. The van der Waals surface area contributed by atoms with Gasteiger partial charge in [-0.1, -0.05) is 78.3 Å². The van der Waals surface area contributed by atoms with Gasteiger partial charge in [0.15, 0.2) is 0 Å². The van der Waals surface area contributed by atoms with Crippen LogP contribution >= 0.6 is 11.3 Å². The molecule has 0 radical (unpaired) electrons. The number of primary amides is 1. The van der Waals surface area contributed by atoms with Crippen molar-refractivity contribution in [2.45, 2.75) is 175 Å². The van der Waals surface area contributed by atoms with E-state index in [1.165, 1.54) is 56.4 Å². The van der Waals surface area contributed by atoms with Crippen molar-refractivity contribution in [1.82, 2.24) is 25.8 Å². The molecule has 3 aromatic rings. The van der Waals surface area contributed by atoms with Crippen LogP contribution in [0.25, 0.3) is 31.6 Å². The molecule has 11 atom stereocenters. The van der Waals surface area contributed by atoms with Crippen LogP contribution in [0, 0.1) is 36.5 Å². The van der Waals surface area contributed by atoms with Gasteiger partial charge >= 0.3 is 17.8 Å². The number of hydrogen-bond acceptors (Lipinski definition) is 20. The summed E-state index contributed by atoms with van der Waals surface area (Å²) in [6.45, 7) is 18.2. The molecule has 0 aromatic heterocycles. The third-order valence-corrected chi connectivity index (χ3v) is 21.9. The number of nitrogens with two attached hydrogens (primary N) is 1. The third-order valence-electron chi connectivity index (χ3n) is 20.8. The molecule has 1 fully saturated rings. The molecular formula is C77H99N10O17S+. The maximum absolute atomic E-state index is 15.2. The zero-order valence-electron chi connectivity index (χ0n) is 61.6. The number of imide groups is 1. The van der Waals surface area contributed by atoms with E-state index in [0.29, 0.717) is 65.7 Å². The number of ketones is 1. The van der Waals surface area contributed by atoms with E-state index < -0.39 is 113 Å². The zero-order valence-corrected chi connectivity index (χ0v) is 62.4. The number of unbranched alkanes of at least 4 members (excludes halogenated alkanes) is 2. The molecule has 1 saturated heterocycles. The van der Waals surface area contributed by atoms with Gasteiger partial charge in [-0.3, -0.25) is 48.1 Å². The number of fused-ring (bicyclic) bond motifs is 14. The van der Waals surface area contributed by atoms with E-state index >= 15 is 9.59 Å². The van der Waals surface area contributed by atoms with Crippen molar-refractivity contribution in [2.24, 2.45) is 35.3 Å².